The van der Waals surface area contributed by atoms with E-state index in [0.29, 0.717) is 6.42 Å². The van der Waals surface area contributed by atoms with E-state index in [-0.39, 0.29) is 12.2 Å². The highest BCUT2D eigenvalue weighted by atomic mass is 19.1. The SMILES string of the molecule is CCCC(=O)ONC(=O)/C=C/C=C/c1ccc(F)cc1. The topological polar surface area (TPSA) is 55.4 Å². The number of halogens is 1. The van der Waals surface area contributed by atoms with Gasteiger partial charge in [0.05, 0.1) is 0 Å². The summed E-state index contributed by atoms with van der Waals surface area (Å²) in [7, 11) is 0. The van der Waals surface area contributed by atoms with Crippen molar-refractivity contribution in [1.82, 2.24) is 5.48 Å². The first kappa shape index (κ1) is 15.6. The van der Waals surface area contributed by atoms with Crippen molar-refractivity contribution in [3.05, 3.63) is 53.9 Å². The van der Waals surface area contributed by atoms with Crippen LogP contribution in [0.5, 0.6) is 0 Å². The van der Waals surface area contributed by atoms with Crippen molar-refractivity contribution < 1.29 is 18.8 Å². The number of carbonyl (C=O) groups is 2. The summed E-state index contributed by atoms with van der Waals surface area (Å²) >= 11 is 0. The third-order valence-corrected chi connectivity index (χ3v) is 2.24. The Morgan fingerprint density at radius 1 is 1.25 bits per heavy atom. The molecule has 0 radical (unpaired) electrons. The summed E-state index contributed by atoms with van der Waals surface area (Å²) in [6.45, 7) is 1.84. The molecule has 0 fully saturated rings. The van der Waals surface area contributed by atoms with Gasteiger partial charge in [0.15, 0.2) is 0 Å². The number of hydrogen-bond acceptors (Lipinski definition) is 3. The Labute approximate surface area is 116 Å². The van der Waals surface area contributed by atoms with Gasteiger partial charge >= 0.3 is 5.97 Å². The summed E-state index contributed by atoms with van der Waals surface area (Å²) in [5.74, 6) is -1.31. The van der Waals surface area contributed by atoms with Crippen molar-refractivity contribution in [3.8, 4) is 0 Å². The summed E-state index contributed by atoms with van der Waals surface area (Å²) < 4.78 is 12.7. The summed E-state index contributed by atoms with van der Waals surface area (Å²) in [4.78, 5) is 26.8. The van der Waals surface area contributed by atoms with Gasteiger partial charge in [-0.2, -0.15) is 5.48 Å². The van der Waals surface area contributed by atoms with Crippen LogP contribution in [0.4, 0.5) is 4.39 Å². The maximum atomic E-state index is 12.7. The van der Waals surface area contributed by atoms with Gasteiger partial charge in [0, 0.05) is 12.5 Å². The molecule has 0 aromatic heterocycles. The van der Waals surface area contributed by atoms with Crippen LogP contribution in [0.15, 0.2) is 42.5 Å². The largest absolute Gasteiger partial charge is 0.341 e. The van der Waals surface area contributed by atoms with E-state index in [2.05, 4.69) is 4.84 Å². The lowest BCUT2D eigenvalue weighted by molar-refractivity contribution is -0.156. The van der Waals surface area contributed by atoms with Crippen molar-refractivity contribution in [2.75, 3.05) is 0 Å². The number of nitrogens with one attached hydrogen (secondary N) is 1. The van der Waals surface area contributed by atoms with E-state index in [1.165, 1.54) is 24.3 Å². The molecule has 0 aliphatic heterocycles. The highest BCUT2D eigenvalue weighted by Gasteiger charge is 2.02. The van der Waals surface area contributed by atoms with Gasteiger partial charge in [0.2, 0.25) is 0 Å². The minimum atomic E-state index is -0.529. The Hall–Kier alpha value is -2.43. The second-order valence-corrected chi connectivity index (χ2v) is 3.96. The molecule has 106 valence electrons. The van der Waals surface area contributed by atoms with Crippen molar-refractivity contribution in [3.63, 3.8) is 0 Å². The van der Waals surface area contributed by atoms with Crippen LogP contribution in [0.1, 0.15) is 25.3 Å². The first-order valence-electron chi connectivity index (χ1n) is 6.21. The Kier molecular flexibility index (Phi) is 6.75. The van der Waals surface area contributed by atoms with Crippen LogP contribution in [-0.4, -0.2) is 11.9 Å². The number of carbonyl (C=O) groups excluding carboxylic acids is 2. The molecular weight excluding hydrogens is 261 g/mol. The quantitative estimate of drug-likeness (QED) is 0.511. The zero-order valence-corrected chi connectivity index (χ0v) is 11.1. The number of hydroxylamine groups is 1. The number of benzene rings is 1. The lowest BCUT2D eigenvalue weighted by atomic mass is 10.2. The van der Waals surface area contributed by atoms with Gasteiger partial charge in [-0.25, -0.2) is 9.18 Å². The Balaban J connectivity index is 2.34. The van der Waals surface area contributed by atoms with Crippen LogP contribution < -0.4 is 5.48 Å². The number of allylic oxidation sites excluding steroid dienone is 2. The monoisotopic (exact) mass is 277 g/mol. The summed E-state index contributed by atoms with van der Waals surface area (Å²) in [6.07, 6.45) is 6.97. The third kappa shape index (κ3) is 6.49. The molecule has 0 atom stereocenters. The van der Waals surface area contributed by atoms with E-state index >= 15 is 0 Å². The van der Waals surface area contributed by atoms with E-state index in [4.69, 9.17) is 0 Å². The van der Waals surface area contributed by atoms with E-state index in [9.17, 15) is 14.0 Å². The second-order valence-electron chi connectivity index (χ2n) is 3.96. The minimum absolute atomic E-state index is 0.258. The molecule has 4 nitrogen and oxygen atoms in total. The van der Waals surface area contributed by atoms with Crippen molar-refractivity contribution in [2.24, 2.45) is 0 Å². The average Bonchev–Trinajstić information content (AvgIpc) is 2.43. The van der Waals surface area contributed by atoms with Crippen molar-refractivity contribution in [2.45, 2.75) is 19.8 Å². The number of hydrogen-bond donors (Lipinski definition) is 1. The van der Waals surface area contributed by atoms with E-state index in [1.807, 2.05) is 12.4 Å². The van der Waals surface area contributed by atoms with Gasteiger partial charge < -0.3 is 4.84 Å². The van der Waals surface area contributed by atoms with Gasteiger partial charge in [-0.15, -0.1) is 0 Å². The van der Waals surface area contributed by atoms with Crippen LogP contribution in [0.2, 0.25) is 0 Å². The highest BCUT2D eigenvalue weighted by Crippen LogP contribution is 2.04. The molecule has 1 aromatic carbocycles. The summed E-state index contributed by atoms with van der Waals surface area (Å²) in [5, 5.41) is 0. The molecule has 0 bridgehead atoms. The molecule has 1 amide bonds. The molecular formula is C15H16FNO3. The first-order chi connectivity index (χ1) is 9.61. The Bertz CT molecular complexity index is 506. The van der Waals surface area contributed by atoms with Gasteiger partial charge in [0.25, 0.3) is 5.91 Å². The molecule has 0 saturated heterocycles. The van der Waals surface area contributed by atoms with Crippen LogP contribution in [-0.2, 0) is 14.4 Å². The summed E-state index contributed by atoms with van der Waals surface area (Å²) in [5.41, 5.74) is 2.83. The highest BCUT2D eigenvalue weighted by molar-refractivity contribution is 5.88. The van der Waals surface area contributed by atoms with E-state index in [1.54, 1.807) is 24.3 Å². The molecule has 0 aliphatic rings. The maximum Gasteiger partial charge on any atom is 0.332 e. The predicted octanol–water partition coefficient (Wildman–Crippen LogP) is 2.77. The molecule has 0 heterocycles. The normalized spacial score (nSPS) is 10.9. The average molecular weight is 277 g/mol. The number of rotatable bonds is 5. The standard InChI is InChI=1S/C15H16FNO3/c1-2-5-15(19)20-17-14(18)7-4-3-6-12-8-10-13(16)11-9-12/h3-4,6-11H,2,5H2,1H3,(H,17,18)/b6-3+,7-4+. The molecule has 20 heavy (non-hydrogen) atoms. The Morgan fingerprint density at radius 2 is 1.95 bits per heavy atom. The molecule has 0 unspecified atom stereocenters. The van der Waals surface area contributed by atoms with Crippen LogP contribution in [0.3, 0.4) is 0 Å². The predicted molar refractivity (Wildman–Crippen MR) is 73.7 cm³/mol. The molecule has 0 aliphatic carbocycles. The fraction of sp³-hybridized carbons (Fsp3) is 0.200. The molecule has 1 aromatic rings. The maximum absolute atomic E-state index is 12.7. The van der Waals surface area contributed by atoms with Crippen molar-refractivity contribution >= 4 is 18.0 Å². The lowest BCUT2D eigenvalue weighted by Gasteiger charge is -2.01. The fourth-order valence-electron chi connectivity index (χ4n) is 1.28. The lowest BCUT2D eigenvalue weighted by Crippen LogP contribution is -2.25. The van der Waals surface area contributed by atoms with Gasteiger partial charge in [-0.3, -0.25) is 4.79 Å². The van der Waals surface area contributed by atoms with E-state index < -0.39 is 11.9 Å². The van der Waals surface area contributed by atoms with E-state index in [0.717, 1.165) is 5.56 Å². The molecule has 5 heteroatoms. The molecule has 0 saturated carbocycles. The third-order valence-electron chi connectivity index (χ3n) is 2.24. The zero-order valence-electron chi connectivity index (χ0n) is 11.1. The van der Waals surface area contributed by atoms with Crippen LogP contribution in [0, 0.1) is 5.82 Å². The van der Waals surface area contributed by atoms with Gasteiger partial charge in [-0.05, 0) is 24.1 Å². The number of amides is 1. The first-order valence-corrected chi connectivity index (χ1v) is 6.21. The van der Waals surface area contributed by atoms with Gasteiger partial charge in [0.1, 0.15) is 5.82 Å². The fourth-order valence-corrected chi connectivity index (χ4v) is 1.28. The minimum Gasteiger partial charge on any atom is -0.341 e. The van der Waals surface area contributed by atoms with Crippen LogP contribution in [0.25, 0.3) is 6.08 Å². The summed E-state index contributed by atoms with van der Waals surface area (Å²) in [6, 6.07) is 5.94. The van der Waals surface area contributed by atoms with Crippen LogP contribution >= 0.6 is 0 Å². The molecule has 1 rings (SSSR count). The smallest absolute Gasteiger partial charge is 0.332 e. The van der Waals surface area contributed by atoms with Crippen molar-refractivity contribution in [1.29, 1.82) is 0 Å². The second kappa shape index (κ2) is 8.63. The molecule has 1 N–H and O–H groups in total. The zero-order chi connectivity index (χ0) is 14.8. The Morgan fingerprint density at radius 3 is 2.60 bits per heavy atom. The van der Waals surface area contributed by atoms with Gasteiger partial charge in [-0.1, -0.05) is 37.3 Å². The molecule has 0 spiro atoms.